The number of para-hydroxylation sites is 1. The van der Waals surface area contributed by atoms with Crippen LogP contribution < -0.4 is 4.74 Å². The number of rotatable bonds is 4. The molecule has 0 aromatic heterocycles. The summed E-state index contributed by atoms with van der Waals surface area (Å²) in [4.78, 5) is 1.89. The van der Waals surface area contributed by atoms with Crippen LogP contribution in [0.1, 0.15) is 23.1 Å². The van der Waals surface area contributed by atoms with Crippen LogP contribution in [0.4, 0.5) is 0 Å². The lowest BCUT2D eigenvalue weighted by Gasteiger charge is -2.13. The number of benzene rings is 2. The summed E-state index contributed by atoms with van der Waals surface area (Å²) >= 11 is 0. The Morgan fingerprint density at radius 2 is 1.82 bits per heavy atom. The van der Waals surface area contributed by atoms with Crippen LogP contribution in [0.15, 0.2) is 54.6 Å². The van der Waals surface area contributed by atoms with E-state index < -0.39 is 0 Å². The minimum atomic E-state index is 0.0828. The average molecular weight is 295 g/mol. The molecule has 0 unspecified atom stereocenters. The zero-order valence-electron chi connectivity index (χ0n) is 12.8. The maximum Gasteiger partial charge on any atom is 0.127 e. The first-order chi connectivity index (χ1) is 10.8. The number of nitrogens with zero attached hydrogens (tertiary/aromatic N) is 1. The molecule has 3 heteroatoms. The molecule has 3 nitrogen and oxygen atoms in total. The summed E-state index contributed by atoms with van der Waals surface area (Å²) < 4.78 is 5.96. The van der Waals surface area contributed by atoms with Gasteiger partial charge in [-0.2, -0.15) is 0 Å². The van der Waals surface area contributed by atoms with Crippen LogP contribution in [0.3, 0.4) is 0 Å². The van der Waals surface area contributed by atoms with E-state index in [1.807, 2.05) is 30.1 Å². The molecule has 1 N–H and O–H groups in total. The van der Waals surface area contributed by atoms with Gasteiger partial charge in [0, 0.05) is 12.1 Å². The van der Waals surface area contributed by atoms with Gasteiger partial charge >= 0.3 is 0 Å². The van der Waals surface area contributed by atoms with Crippen LogP contribution in [-0.4, -0.2) is 30.3 Å². The highest BCUT2D eigenvalue weighted by Crippen LogP contribution is 2.36. The van der Waals surface area contributed by atoms with Crippen molar-refractivity contribution < 1.29 is 9.84 Å². The second-order valence-corrected chi connectivity index (χ2v) is 5.57. The van der Waals surface area contributed by atoms with E-state index in [0.29, 0.717) is 6.61 Å². The Labute approximate surface area is 131 Å². The third kappa shape index (κ3) is 3.06. The number of aliphatic hydroxyl groups excluding tert-OH is 1. The van der Waals surface area contributed by atoms with E-state index in [2.05, 4.69) is 36.4 Å². The van der Waals surface area contributed by atoms with Crippen molar-refractivity contribution in [2.75, 3.05) is 20.3 Å². The Morgan fingerprint density at radius 1 is 1.09 bits per heavy atom. The lowest BCUT2D eigenvalue weighted by atomic mass is 9.93. The Kier molecular flexibility index (Phi) is 4.56. The lowest BCUT2D eigenvalue weighted by Crippen LogP contribution is -2.19. The molecular formula is C19H21NO2. The molecule has 114 valence electrons. The van der Waals surface area contributed by atoms with E-state index in [1.54, 1.807) is 0 Å². The van der Waals surface area contributed by atoms with Crippen molar-refractivity contribution in [1.29, 1.82) is 0 Å². The molecule has 0 spiro atoms. The molecule has 1 aliphatic heterocycles. The third-order valence-electron chi connectivity index (χ3n) is 3.97. The molecular weight excluding hydrogens is 274 g/mol. The summed E-state index contributed by atoms with van der Waals surface area (Å²) in [6.07, 6.45) is 3.13. The molecule has 0 amide bonds. The molecule has 0 aliphatic carbocycles. The molecule has 0 fully saturated rings. The third-order valence-corrected chi connectivity index (χ3v) is 3.97. The number of aliphatic hydroxyl groups is 1. The summed E-state index contributed by atoms with van der Waals surface area (Å²) in [6.45, 7) is 1.51. The van der Waals surface area contributed by atoms with E-state index >= 15 is 0 Å². The Hall–Kier alpha value is -2.10. The molecule has 0 radical (unpaired) electrons. The largest absolute Gasteiger partial charge is 0.488 e. The second kappa shape index (κ2) is 6.77. The summed E-state index contributed by atoms with van der Waals surface area (Å²) in [7, 11) is 1.91. The van der Waals surface area contributed by atoms with Crippen LogP contribution in [-0.2, 0) is 6.61 Å². The first-order valence-electron chi connectivity index (χ1n) is 7.59. The normalized spacial score (nSPS) is 15.1. The standard InChI is InChI=1S/C19H21NO2/c1-20(14-21)12-6-10-17-16-8-3-2-7-15(16)13-22-19-11-5-4-9-18(17)19/h2-5,7-11,21H,6,12-14H2,1H3. The Bertz CT molecular complexity index is 629. The van der Waals surface area contributed by atoms with E-state index in [9.17, 15) is 0 Å². The van der Waals surface area contributed by atoms with Crippen molar-refractivity contribution >= 4 is 5.57 Å². The molecule has 1 aliphatic rings. The van der Waals surface area contributed by atoms with Gasteiger partial charge in [0.15, 0.2) is 0 Å². The zero-order valence-corrected chi connectivity index (χ0v) is 12.8. The Morgan fingerprint density at radius 3 is 2.64 bits per heavy atom. The van der Waals surface area contributed by atoms with Crippen LogP contribution in [0.5, 0.6) is 5.75 Å². The monoisotopic (exact) mass is 295 g/mol. The van der Waals surface area contributed by atoms with Gasteiger partial charge in [-0.05, 0) is 36.2 Å². The fraction of sp³-hybridized carbons (Fsp3) is 0.263. The van der Waals surface area contributed by atoms with E-state index in [0.717, 1.165) is 24.3 Å². The molecule has 22 heavy (non-hydrogen) atoms. The lowest BCUT2D eigenvalue weighted by molar-refractivity contribution is 0.134. The van der Waals surface area contributed by atoms with Crippen LogP contribution in [0.2, 0.25) is 0 Å². The van der Waals surface area contributed by atoms with Crippen molar-refractivity contribution in [3.05, 3.63) is 71.3 Å². The van der Waals surface area contributed by atoms with Gasteiger partial charge in [0.2, 0.25) is 0 Å². The SMILES string of the molecule is CN(CO)CCC=C1c2ccccc2COc2ccccc21. The highest BCUT2D eigenvalue weighted by atomic mass is 16.5. The number of fused-ring (bicyclic) bond motifs is 2. The number of ether oxygens (including phenoxy) is 1. The summed E-state index contributed by atoms with van der Waals surface area (Å²) in [6, 6.07) is 16.6. The summed E-state index contributed by atoms with van der Waals surface area (Å²) in [5, 5.41) is 9.12. The molecule has 2 aromatic carbocycles. The van der Waals surface area contributed by atoms with Crippen molar-refractivity contribution in [2.24, 2.45) is 0 Å². The maximum atomic E-state index is 9.12. The van der Waals surface area contributed by atoms with Crippen LogP contribution in [0.25, 0.3) is 5.57 Å². The molecule has 0 saturated heterocycles. The number of hydrogen-bond donors (Lipinski definition) is 1. The number of hydrogen-bond acceptors (Lipinski definition) is 3. The summed E-state index contributed by atoms with van der Waals surface area (Å²) in [5.74, 6) is 0.931. The Balaban J connectivity index is 2.00. The van der Waals surface area contributed by atoms with Gasteiger partial charge in [0.1, 0.15) is 12.4 Å². The predicted octanol–water partition coefficient (Wildman–Crippen LogP) is 3.28. The van der Waals surface area contributed by atoms with Gasteiger partial charge in [-0.25, -0.2) is 0 Å². The van der Waals surface area contributed by atoms with Gasteiger partial charge in [-0.15, -0.1) is 0 Å². The van der Waals surface area contributed by atoms with Gasteiger partial charge in [-0.1, -0.05) is 48.5 Å². The highest BCUT2D eigenvalue weighted by Gasteiger charge is 2.17. The fourth-order valence-corrected chi connectivity index (χ4v) is 2.74. The van der Waals surface area contributed by atoms with Gasteiger partial charge in [0.25, 0.3) is 0 Å². The van der Waals surface area contributed by atoms with Crippen molar-refractivity contribution in [2.45, 2.75) is 13.0 Å². The van der Waals surface area contributed by atoms with Gasteiger partial charge in [0.05, 0.1) is 6.73 Å². The molecule has 1 heterocycles. The van der Waals surface area contributed by atoms with Gasteiger partial charge in [-0.3, -0.25) is 4.90 Å². The molecule has 2 aromatic rings. The second-order valence-electron chi connectivity index (χ2n) is 5.57. The van der Waals surface area contributed by atoms with Crippen molar-refractivity contribution in [1.82, 2.24) is 4.90 Å². The first kappa shape index (κ1) is 14.8. The summed E-state index contributed by atoms with van der Waals surface area (Å²) in [5.41, 5.74) is 4.80. The highest BCUT2D eigenvalue weighted by molar-refractivity contribution is 5.84. The quantitative estimate of drug-likeness (QED) is 0.879. The molecule has 0 bridgehead atoms. The van der Waals surface area contributed by atoms with Crippen molar-refractivity contribution in [3.63, 3.8) is 0 Å². The molecule has 0 atom stereocenters. The fourth-order valence-electron chi connectivity index (χ4n) is 2.74. The van der Waals surface area contributed by atoms with Crippen LogP contribution >= 0.6 is 0 Å². The predicted molar refractivity (Wildman–Crippen MR) is 88.6 cm³/mol. The smallest absolute Gasteiger partial charge is 0.127 e. The minimum absolute atomic E-state index is 0.0828. The molecule has 0 saturated carbocycles. The molecule has 3 rings (SSSR count). The zero-order chi connectivity index (χ0) is 15.4. The van der Waals surface area contributed by atoms with E-state index in [-0.39, 0.29) is 6.73 Å². The maximum absolute atomic E-state index is 9.12. The first-order valence-corrected chi connectivity index (χ1v) is 7.59. The van der Waals surface area contributed by atoms with E-state index in [1.165, 1.54) is 16.7 Å². The average Bonchev–Trinajstić information content (AvgIpc) is 2.72. The van der Waals surface area contributed by atoms with Crippen LogP contribution in [0, 0.1) is 0 Å². The minimum Gasteiger partial charge on any atom is -0.488 e. The van der Waals surface area contributed by atoms with E-state index in [4.69, 9.17) is 9.84 Å². The van der Waals surface area contributed by atoms with Gasteiger partial charge < -0.3 is 9.84 Å². The topological polar surface area (TPSA) is 32.7 Å². The van der Waals surface area contributed by atoms with Crippen molar-refractivity contribution in [3.8, 4) is 5.75 Å².